The van der Waals surface area contributed by atoms with Gasteiger partial charge in [0.2, 0.25) is 0 Å². The van der Waals surface area contributed by atoms with Crippen LogP contribution in [0.25, 0.3) is 23.0 Å². The fourth-order valence-electron chi connectivity index (χ4n) is 3.76. The summed E-state index contributed by atoms with van der Waals surface area (Å²) < 4.78 is 12.6. The van der Waals surface area contributed by atoms with E-state index in [1.807, 2.05) is 74.6 Å². The summed E-state index contributed by atoms with van der Waals surface area (Å²) in [5.41, 5.74) is 4.47. The highest BCUT2D eigenvalue weighted by Gasteiger charge is 2.16. The fourth-order valence-corrected chi connectivity index (χ4v) is 3.76. The molecule has 1 aromatic heterocycles. The Morgan fingerprint density at radius 3 is 2.50 bits per heavy atom. The quantitative estimate of drug-likeness (QED) is 0.255. The van der Waals surface area contributed by atoms with Crippen molar-refractivity contribution in [3.05, 3.63) is 95.7 Å². The molecule has 1 amide bonds. The number of hydrogen-bond acceptors (Lipinski definition) is 5. The number of para-hydroxylation sites is 1. The zero-order valence-electron chi connectivity index (χ0n) is 20.4. The topological polar surface area (TPSA) is 89.2 Å². The highest BCUT2D eigenvalue weighted by Crippen LogP contribution is 2.30. The molecule has 1 heterocycles. The van der Waals surface area contributed by atoms with Crippen molar-refractivity contribution in [2.75, 3.05) is 19.0 Å². The van der Waals surface area contributed by atoms with Gasteiger partial charge in [0.25, 0.3) is 5.91 Å². The first kappa shape index (κ1) is 24.3. The minimum Gasteiger partial charge on any atom is -0.496 e. The molecule has 180 valence electrons. The van der Waals surface area contributed by atoms with Gasteiger partial charge in [0, 0.05) is 23.0 Å². The Bertz CT molecular complexity index is 1430. The predicted molar refractivity (Wildman–Crippen MR) is 140 cm³/mol. The lowest BCUT2D eigenvalue weighted by Crippen LogP contribution is -2.13. The van der Waals surface area contributed by atoms with Crippen LogP contribution in [0.2, 0.25) is 0 Å². The Balaban J connectivity index is 1.71. The Morgan fingerprint density at radius 2 is 1.86 bits per heavy atom. The Labute approximate surface area is 210 Å². The molecule has 0 saturated carbocycles. The van der Waals surface area contributed by atoms with E-state index in [2.05, 4.69) is 5.32 Å². The van der Waals surface area contributed by atoms with Crippen molar-refractivity contribution < 1.29 is 14.3 Å². The van der Waals surface area contributed by atoms with Gasteiger partial charge in [-0.25, -0.2) is 4.68 Å². The number of nitrogens with zero attached hydrogens (tertiary/aromatic N) is 3. The molecule has 36 heavy (non-hydrogen) atoms. The standard InChI is InChI=1S/C29H26N4O3/c1-4-36-26-13-11-24(12-14-26)31-29(34)22(18-30)17-23-19-33(25-8-6-5-7-9-25)32-28(23)21-10-15-27(35-3)20(2)16-21/h5-17,19H,4H2,1-3H3,(H,31,34). The van der Waals surface area contributed by atoms with Gasteiger partial charge in [0.05, 0.1) is 19.4 Å². The van der Waals surface area contributed by atoms with Crippen LogP contribution in [0.4, 0.5) is 5.69 Å². The van der Waals surface area contributed by atoms with Gasteiger partial charge in [-0.05, 0) is 80.1 Å². The molecule has 0 bridgehead atoms. The number of nitrogens with one attached hydrogen (secondary N) is 1. The van der Waals surface area contributed by atoms with Crippen molar-refractivity contribution >= 4 is 17.7 Å². The number of methoxy groups -OCH3 is 1. The van der Waals surface area contributed by atoms with Crippen LogP contribution in [-0.2, 0) is 4.79 Å². The Hall–Kier alpha value is -4.83. The summed E-state index contributed by atoms with van der Waals surface area (Å²) in [6.45, 7) is 4.41. The van der Waals surface area contributed by atoms with Gasteiger partial charge in [-0.2, -0.15) is 10.4 Å². The lowest BCUT2D eigenvalue weighted by Gasteiger charge is -2.07. The fraction of sp³-hybridized carbons (Fsp3) is 0.138. The van der Waals surface area contributed by atoms with Crippen LogP contribution in [0.3, 0.4) is 0 Å². The number of rotatable bonds is 8. The summed E-state index contributed by atoms with van der Waals surface area (Å²) >= 11 is 0. The van der Waals surface area contributed by atoms with E-state index in [1.165, 1.54) is 0 Å². The van der Waals surface area contributed by atoms with Crippen LogP contribution >= 0.6 is 0 Å². The van der Waals surface area contributed by atoms with Crippen LogP contribution in [0.5, 0.6) is 11.5 Å². The van der Waals surface area contributed by atoms with Crippen LogP contribution in [-0.4, -0.2) is 29.4 Å². The monoisotopic (exact) mass is 478 g/mol. The van der Waals surface area contributed by atoms with E-state index in [0.717, 1.165) is 22.6 Å². The lowest BCUT2D eigenvalue weighted by atomic mass is 10.0. The van der Waals surface area contributed by atoms with Crippen LogP contribution < -0.4 is 14.8 Å². The predicted octanol–water partition coefficient (Wildman–Crippen LogP) is 5.80. The molecule has 0 saturated heterocycles. The number of benzene rings is 3. The number of nitriles is 1. The van der Waals surface area contributed by atoms with Gasteiger partial charge < -0.3 is 14.8 Å². The number of aromatic nitrogens is 2. The van der Waals surface area contributed by atoms with Crippen molar-refractivity contribution in [3.63, 3.8) is 0 Å². The zero-order chi connectivity index (χ0) is 25.5. The SMILES string of the molecule is CCOc1ccc(NC(=O)C(C#N)=Cc2cn(-c3ccccc3)nc2-c2ccc(OC)c(C)c2)cc1. The van der Waals surface area contributed by atoms with Gasteiger partial charge in [-0.15, -0.1) is 0 Å². The molecule has 0 aliphatic heterocycles. The highest BCUT2D eigenvalue weighted by atomic mass is 16.5. The summed E-state index contributed by atoms with van der Waals surface area (Å²) in [4.78, 5) is 12.9. The first-order valence-electron chi connectivity index (χ1n) is 11.5. The molecule has 3 aromatic carbocycles. The van der Waals surface area contributed by atoms with E-state index >= 15 is 0 Å². The third-order valence-electron chi connectivity index (χ3n) is 5.52. The number of carbonyl (C=O) groups excluding carboxylic acids is 1. The average Bonchev–Trinajstić information content (AvgIpc) is 3.33. The second kappa shape index (κ2) is 11.1. The van der Waals surface area contributed by atoms with E-state index in [0.29, 0.717) is 29.3 Å². The molecule has 0 aliphatic rings. The molecule has 1 N–H and O–H groups in total. The van der Waals surface area contributed by atoms with E-state index in [-0.39, 0.29) is 5.57 Å². The molecule has 0 radical (unpaired) electrons. The molecule has 4 aromatic rings. The van der Waals surface area contributed by atoms with Crippen LogP contribution in [0, 0.1) is 18.3 Å². The van der Waals surface area contributed by atoms with E-state index < -0.39 is 5.91 Å². The van der Waals surface area contributed by atoms with E-state index in [1.54, 1.807) is 42.1 Å². The largest absolute Gasteiger partial charge is 0.496 e. The maximum atomic E-state index is 12.9. The summed E-state index contributed by atoms with van der Waals surface area (Å²) in [5, 5.41) is 17.4. The van der Waals surface area contributed by atoms with Gasteiger partial charge in [0.15, 0.2) is 0 Å². The molecular formula is C29H26N4O3. The maximum absolute atomic E-state index is 12.9. The number of hydrogen-bond donors (Lipinski definition) is 1. The lowest BCUT2D eigenvalue weighted by molar-refractivity contribution is -0.112. The molecule has 0 fully saturated rings. The van der Waals surface area contributed by atoms with Gasteiger partial charge in [-0.1, -0.05) is 18.2 Å². The summed E-state index contributed by atoms with van der Waals surface area (Å²) in [7, 11) is 1.63. The second-order valence-corrected chi connectivity index (χ2v) is 7.98. The van der Waals surface area contributed by atoms with Crippen molar-refractivity contribution in [3.8, 4) is 34.5 Å². The second-order valence-electron chi connectivity index (χ2n) is 7.98. The molecule has 0 unspecified atom stereocenters. The Kier molecular flexibility index (Phi) is 7.47. The smallest absolute Gasteiger partial charge is 0.266 e. The van der Waals surface area contributed by atoms with Crippen molar-refractivity contribution in [1.29, 1.82) is 5.26 Å². The minimum atomic E-state index is -0.508. The third-order valence-corrected chi connectivity index (χ3v) is 5.52. The molecule has 0 spiro atoms. The van der Waals surface area contributed by atoms with E-state index in [9.17, 15) is 10.1 Å². The van der Waals surface area contributed by atoms with Crippen molar-refractivity contribution in [2.24, 2.45) is 0 Å². The first-order chi connectivity index (χ1) is 17.5. The summed E-state index contributed by atoms with van der Waals surface area (Å²) in [6.07, 6.45) is 3.37. The third kappa shape index (κ3) is 5.45. The number of carbonyl (C=O) groups is 1. The van der Waals surface area contributed by atoms with E-state index in [4.69, 9.17) is 14.6 Å². The highest BCUT2D eigenvalue weighted by molar-refractivity contribution is 6.10. The maximum Gasteiger partial charge on any atom is 0.266 e. The van der Waals surface area contributed by atoms with Gasteiger partial charge in [-0.3, -0.25) is 4.79 Å². The number of aryl methyl sites for hydroxylation is 1. The zero-order valence-corrected chi connectivity index (χ0v) is 20.4. The molecule has 4 rings (SSSR count). The van der Waals surface area contributed by atoms with Crippen LogP contribution in [0.1, 0.15) is 18.1 Å². The minimum absolute atomic E-state index is 0.0389. The average molecular weight is 479 g/mol. The van der Waals surface area contributed by atoms with Crippen molar-refractivity contribution in [1.82, 2.24) is 9.78 Å². The van der Waals surface area contributed by atoms with Crippen LogP contribution in [0.15, 0.2) is 84.6 Å². The number of ether oxygens (including phenoxy) is 2. The molecule has 0 atom stereocenters. The molecule has 0 aliphatic carbocycles. The normalized spacial score (nSPS) is 11.0. The molecule has 7 heteroatoms. The summed E-state index contributed by atoms with van der Waals surface area (Å²) in [6, 6.07) is 24.4. The summed E-state index contributed by atoms with van der Waals surface area (Å²) in [5.74, 6) is 0.969. The van der Waals surface area contributed by atoms with Gasteiger partial charge in [0.1, 0.15) is 28.8 Å². The Morgan fingerprint density at radius 1 is 1.11 bits per heavy atom. The first-order valence-corrected chi connectivity index (χ1v) is 11.5. The molecular weight excluding hydrogens is 452 g/mol. The molecule has 7 nitrogen and oxygen atoms in total. The number of amides is 1. The van der Waals surface area contributed by atoms with Crippen molar-refractivity contribution in [2.45, 2.75) is 13.8 Å². The van der Waals surface area contributed by atoms with Gasteiger partial charge >= 0.3 is 0 Å². The number of anilines is 1.